The largest absolute Gasteiger partial charge is 0.393 e. The molecule has 1 N–H and O–H groups in total. The van der Waals surface area contributed by atoms with Gasteiger partial charge in [0.15, 0.2) is 0 Å². The van der Waals surface area contributed by atoms with Gasteiger partial charge in [-0.2, -0.15) is 0 Å². The molecular weight excluding hydrogens is 212 g/mol. The van der Waals surface area contributed by atoms with Gasteiger partial charge in [0.2, 0.25) is 0 Å². The quantitative estimate of drug-likeness (QED) is 0.614. The fourth-order valence-corrected chi connectivity index (χ4v) is 0.982. The number of aliphatic hydroxyl groups is 1. The molecule has 1 rings (SSSR count). The van der Waals surface area contributed by atoms with Gasteiger partial charge in [-0.05, 0) is 19.1 Å². The van der Waals surface area contributed by atoms with Crippen molar-refractivity contribution in [1.82, 2.24) is 0 Å². The highest BCUT2D eigenvalue weighted by atomic mass is 17.2. The third kappa shape index (κ3) is 4.10. The Labute approximate surface area is 92.5 Å². The van der Waals surface area contributed by atoms with Gasteiger partial charge in [0, 0.05) is 0 Å². The molecule has 0 aromatic heterocycles. The van der Waals surface area contributed by atoms with E-state index in [1.165, 1.54) is 19.1 Å². The van der Waals surface area contributed by atoms with E-state index < -0.39 is 18.0 Å². The number of carbonyl (C=O) groups is 2. The average Bonchev–Trinajstić information content (AvgIpc) is 2.26. The zero-order valence-corrected chi connectivity index (χ0v) is 8.75. The number of aliphatic hydroxyl groups excluding tert-OH is 1. The maximum Gasteiger partial charge on any atom is 0.386 e. The summed E-state index contributed by atoms with van der Waals surface area (Å²) in [5.74, 6) is -1.54. The van der Waals surface area contributed by atoms with Crippen LogP contribution in [0.15, 0.2) is 30.3 Å². The van der Waals surface area contributed by atoms with E-state index in [1.54, 1.807) is 18.2 Å². The van der Waals surface area contributed by atoms with Crippen molar-refractivity contribution in [2.75, 3.05) is 0 Å². The Kier molecular flexibility index (Phi) is 4.47. The summed E-state index contributed by atoms with van der Waals surface area (Å²) in [5, 5.41) is 8.86. The Morgan fingerprint density at radius 2 is 1.88 bits per heavy atom. The van der Waals surface area contributed by atoms with Crippen molar-refractivity contribution >= 4 is 11.9 Å². The lowest BCUT2D eigenvalue weighted by molar-refractivity contribution is -0.235. The fourth-order valence-electron chi connectivity index (χ4n) is 0.982. The molecule has 0 aliphatic rings. The number of benzene rings is 1. The van der Waals surface area contributed by atoms with Gasteiger partial charge in [-0.25, -0.2) is 19.4 Å². The van der Waals surface area contributed by atoms with E-state index in [0.29, 0.717) is 0 Å². The van der Waals surface area contributed by atoms with E-state index in [9.17, 15) is 9.59 Å². The minimum absolute atomic E-state index is 0.220. The van der Waals surface area contributed by atoms with E-state index in [4.69, 9.17) is 5.11 Å². The normalized spacial score (nSPS) is 11.6. The Hall–Kier alpha value is -1.88. The van der Waals surface area contributed by atoms with Gasteiger partial charge < -0.3 is 5.11 Å². The van der Waals surface area contributed by atoms with Crippen LogP contribution in [-0.4, -0.2) is 23.1 Å². The summed E-state index contributed by atoms with van der Waals surface area (Å²) >= 11 is 0. The van der Waals surface area contributed by atoms with E-state index in [2.05, 4.69) is 9.78 Å². The molecule has 0 aliphatic heterocycles. The number of rotatable bonds is 3. The molecule has 0 amide bonds. The van der Waals surface area contributed by atoms with Gasteiger partial charge in [-0.1, -0.05) is 18.2 Å². The second kappa shape index (κ2) is 5.87. The van der Waals surface area contributed by atoms with Crippen molar-refractivity contribution in [2.45, 2.75) is 19.4 Å². The van der Waals surface area contributed by atoms with E-state index in [1.807, 2.05) is 0 Å². The zero-order valence-electron chi connectivity index (χ0n) is 8.75. The van der Waals surface area contributed by atoms with Crippen LogP contribution < -0.4 is 0 Å². The highest BCUT2D eigenvalue weighted by Crippen LogP contribution is 2.02. The summed E-state index contributed by atoms with van der Waals surface area (Å²) < 4.78 is 0. The monoisotopic (exact) mass is 224 g/mol. The first-order valence-electron chi connectivity index (χ1n) is 4.74. The average molecular weight is 224 g/mol. The van der Waals surface area contributed by atoms with E-state index in [0.717, 1.165) is 0 Å². The molecule has 16 heavy (non-hydrogen) atoms. The molecule has 0 aliphatic carbocycles. The third-order valence-electron chi connectivity index (χ3n) is 1.68. The molecule has 86 valence electrons. The van der Waals surface area contributed by atoms with Gasteiger partial charge in [0.05, 0.1) is 18.1 Å². The molecule has 1 aromatic carbocycles. The van der Waals surface area contributed by atoms with Crippen molar-refractivity contribution < 1.29 is 24.5 Å². The lowest BCUT2D eigenvalue weighted by Gasteiger charge is -2.04. The first-order chi connectivity index (χ1) is 7.59. The zero-order chi connectivity index (χ0) is 12.0. The molecular formula is C11H12O5. The first-order valence-corrected chi connectivity index (χ1v) is 4.74. The van der Waals surface area contributed by atoms with Crippen LogP contribution in [0.3, 0.4) is 0 Å². The molecule has 5 nitrogen and oxygen atoms in total. The van der Waals surface area contributed by atoms with Crippen LogP contribution >= 0.6 is 0 Å². The Morgan fingerprint density at radius 3 is 2.44 bits per heavy atom. The fraction of sp³-hybridized carbons (Fsp3) is 0.273. The predicted octanol–water partition coefficient (Wildman–Crippen LogP) is 1.07. The SMILES string of the molecule is CC(O)CC(=O)OOC(=O)c1ccccc1. The van der Waals surface area contributed by atoms with E-state index in [-0.39, 0.29) is 12.0 Å². The number of hydrogen-bond donors (Lipinski definition) is 1. The van der Waals surface area contributed by atoms with Crippen molar-refractivity contribution in [3.8, 4) is 0 Å². The summed E-state index contributed by atoms with van der Waals surface area (Å²) in [7, 11) is 0. The molecule has 0 saturated carbocycles. The second-order valence-electron chi connectivity index (χ2n) is 3.25. The van der Waals surface area contributed by atoms with Gasteiger partial charge in [0.1, 0.15) is 0 Å². The molecule has 5 heteroatoms. The van der Waals surface area contributed by atoms with Crippen LogP contribution in [0.25, 0.3) is 0 Å². The van der Waals surface area contributed by atoms with Crippen LogP contribution in [0, 0.1) is 0 Å². The van der Waals surface area contributed by atoms with Crippen molar-refractivity contribution in [3.05, 3.63) is 35.9 Å². The van der Waals surface area contributed by atoms with Gasteiger partial charge in [-0.3, -0.25) is 0 Å². The molecule has 0 radical (unpaired) electrons. The highest BCUT2D eigenvalue weighted by Gasteiger charge is 2.13. The van der Waals surface area contributed by atoms with Gasteiger partial charge >= 0.3 is 11.9 Å². The minimum Gasteiger partial charge on any atom is -0.393 e. The van der Waals surface area contributed by atoms with Crippen LogP contribution in [0.5, 0.6) is 0 Å². The Balaban J connectivity index is 2.39. The molecule has 0 saturated heterocycles. The molecule has 0 fully saturated rings. The van der Waals surface area contributed by atoms with Crippen molar-refractivity contribution in [2.24, 2.45) is 0 Å². The third-order valence-corrected chi connectivity index (χ3v) is 1.68. The molecule has 0 bridgehead atoms. The van der Waals surface area contributed by atoms with Crippen LogP contribution in [-0.2, 0) is 14.6 Å². The van der Waals surface area contributed by atoms with Crippen molar-refractivity contribution in [3.63, 3.8) is 0 Å². The van der Waals surface area contributed by atoms with Crippen LogP contribution in [0.1, 0.15) is 23.7 Å². The minimum atomic E-state index is -0.831. The Morgan fingerprint density at radius 1 is 1.25 bits per heavy atom. The molecule has 0 spiro atoms. The number of carbonyl (C=O) groups excluding carboxylic acids is 2. The lowest BCUT2D eigenvalue weighted by Crippen LogP contribution is -2.15. The lowest BCUT2D eigenvalue weighted by atomic mass is 10.2. The Bertz CT molecular complexity index is 358. The van der Waals surface area contributed by atoms with Crippen LogP contribution in [0.4, 0.5) is 0 Å². The van der Waals surface area contributed by atoms with Gasteiger partial charge in [-0.15, -0.1) is 0 Å². The van der Waals surface area contributed by atoms with E-state index >= 15 is 0 Å². The highest BCUT2D eigenvalue weighted by molar-refractivity contribution is 5.89. The topological polar surface area (TPSA) is 72.8 Å². The first kappa shape index (κ1) is 12.2. The summed E-state index contributed by atoms with van der Waals surface area (Å²) in [4.78, 5) is 30.7. The molecule has 1 atom stereocenters. The van der Waals surface area contributed by atoms with Crippen molar-refractivity contribution in [1.29, 1.82) is 0 Å². The van der Waals surface area contributed by atoms with Gasteiger partial charge in [0.25, 0.3) is 0 Å². The second-order valence-corrected chi connectivity index (χ2v) is 3.25. The summed E-state index contributed by atoms with van der Waals surface area (Å²) in [6.07, 6.45) is -1.05. The standard InChI is InChI=1S/C11H12O5/c1-8(12)7-10(13)15-16-11(14)9-5-3-2-4-6-9/h2-6,8,12H,7H2,1H3. The smallest absolute Gasteiger partial charge is 0.386 e. The maximum absolute atomic E-state index is 11.3. The maximum atomic E-state index is 11.3. The summed E-state index contributed by atoms with van der Waals surface area (Å²) in [6.45, 7) is 1.43. The predicted molar refractivity (Wildman–Crippen MR) is 54.2 cm³/mol. The van der Waals surface area contributed by atoms with Crippen LogP contribution in [0.2, 0.25) is 0 Å². The summed E-state index contributed by atoms with van der Waals surface area (Å²) in [5.41, 5.74) is 0.285. The summed E-state index contributed by atoms with van der Waals surface area (Å²) in [6, 6.07) is 8.13. The number of hydrogen-bond acceptors (Lipinski definition) is 5. The molecule has 1 aromatic rings. The molecule has 1 unspecified atom stereocenters. The molecule has 0 heterocycles.